The van der Waals surface area contributed by atoms with Crippen molar-refractivity contribution in [3.05, 3.63) is 57.0 Å². The van der Waals surface area contributed by atoms with Crippen LogP contribution in [0.4, 0.5) is 11.6 Å². The van der Waals surface area contributed by atoms with Crippen LogP contribution in [-0.2, 0) is 14.3 Å². The van der Waals surface area contributed by atoms with Crippen molar-refractivity contribution in [1.82, 2.24) is 9.97 Å². The van der Waals surface area contributed by atoms with Crippen LogP contribution in [-0.4, -0.2) is 36.1 Å². The van der Waals surface area contributed by atoms with Gasteiger partial charge in [-0.3, -0.25) is 0 Å². The van der Waals surface area contributed by atoms with E-state index in [-0.39, 0.29) is 4.77 Å². The van der Waals surface area contributed by atoms with Gasteiger partial charge in [-0.2, -0.15) is 0 Å². The number of rotatable bonds is 3. The number of nitrogen functional groups attached to an aromatic ring is 1. The van der Waals surface area contributed by atoms with Crippen LogP contribution < -0.4 is 11.1 Å². The predicted molar refractivity (Wildman–Crippen MR) is 102 cm³/mol. The maximum atomic E-state index is 12.5. The van der Waals surface area contributed by atoms with Gasteiger partial charge in [-0.25, -0.2) is 14.6 Å². The van der Waals surface area contributed by atoms with E-state index >= 15 is 0 Å². The lowest BCUT2D eigenvalue weighted by Gasteiger charge is -2.29. The average molecular weight is 386 g/mol. The second-order valence-electron chi connectivity index (χ2n) is 5.92. The molecule has 0 aliphatic carbocycles. The highest BCUT2D eigenvalue weighted by atomic mass is 32.1. The normalized spacial score (nSPS) is 15.6. The quantitative estimate of drug-likeness (QED) is 0.544. The number of ether oxygens (including phenoxy) is 2. The Balaban J connectivity index is 2.22. The molecule has 0 radical (unpaired) electrons. The Bertz CT molecular complexity index is 1010. The summed E-state index contributed by atoms with van der Waals surface area (Å²) in [6.07, 6.45) is 0. The Kier molecular flexibility index (Phi) is 4.95. The SMILES string of the molecule is COC(=O)C1=C(C)Nc2nc(=S)[nH]c(N)c2C1c1ccc(C(=O)OC)cc1. The number of aromatic amines is 1. The first kappa shape index (κ1) is 18.6. The Morgan fingerprint density at radius 1 is 1.15 bits per heavy atom. The van der Waals surface area contributed by atoms with Crippen LogP contribution in [0.5, 0.6) is 0 Å². The number of hydrogen-bond donors (Lipinski definition) is 3. The van der Waals surface area contributed by atoms with Gasteiger partial charge >= 0.3 is 11.9 Å². The average Bonchev–Trinajstić information content (AvgIpc) is 2.65. The molecule has 0 spiro atoms. The molecule has 8 nitrogen and oxygen atoms in total. The maximum absolute atomic E-state index is 12.5. The molecule has 1 aromatic carbocycles. The van der Waals surface area contributed by atoms with Gasteiger partial charge in [0.1, 0.15) is 11.6 Å². The molecule has 0 saturated heterocycles. The van der Waals surface area contributed by atoms with Gasteiger partial charge in [0.05, 0.1) is 31.3 Å². The highest BCUT2D eigenvalue weighted by Gasteiger charge is 2.35. The van der Waals surface area contributed by atoms with Crippen molar-refractivity contribution in [2.45, 2.75) is 12.8 Å². The molecule has 0 amide bonds. The summed E-state index contributed by atoms with van der Waals surface area (Å²) in [4.78, 5) is 31.3. The molecule has 1 aliphatic rings. The number of hydrogen-bond acceptors (Lipinski definition) is 8. The fraction of sp³-hybridized carbons (Fsp3) is 0.222. The second kappa shape index (κ2) is 7.20. The molecule has 1 aromatic heterocycles. The zero-order valence-corrected chi connectivity index (χ0v) is 15.8. The lowest BCUT2D eigenvalue weighted by atomic mass is 9.81. The van der Waals surface area contributed by atoms with Gasteiger partial charge in [-0.15, -0.1) is 0 Å². The number of nitrogens with one attached hydrogen (secondary N) is 2. The highest BCUT2D eigenvalue weighted by molar-refractivity contribution is 7.71. The molecule has 2 aromatic rings. The van der Waals surface area contributed by atoms with Gasteiger partial charge in [0, 0.05) is 11.3 Å². The zero-order chi connectivity index (χ0) is 19.7. The molecule has 1 aliphatic heterocycles. The van der Waals surface area contributed by atoms with Gasteiger partial charge in [0.25, 0.3) is 0 Å². The minimum atomic E-state index is -0.542. The van der Waals surface area contributed by atoms with E-state index in [0.717, 1.165) is 5.56 Å². The van der Waals surface area contributed by atoms with Gasteiger partial charge in [0.2, 0.25) is 0 Å². The third-order valence-corrected chi connectivity index (χ3v) is 4.55. The lowest BCUT2D eigenvalue weighted by Crippen LogP contribution is -2.26. The number of aromatic nitrogens is 2. The molecule has 0 saturated carbocycles. The van der Waals surface area contributed by atoms with E-state index in [0.29, 0.717) is 34.0 Å². The van der Waals surface area contributed by atoms with Crippen molar-refractivity contribution in [2.24, 2.45) is 0 Å². The smallest absolute Gasteiger partial charge is 0.337 e. The number of nitrogens with two attached hydrogens (primary N) is 1. The lowest BCUT2D eigenvalue weighted by molar-refractivity contribution is -0.136. The van der Waals surface area contributed by atoms with E-state index in [9.17, 15) is 9.59 Å². The Hall–Kier alpha value is -3.20. The van der Waals surface area contributed by atoms with E-state index in [4.69, 9.17) is 27.4 Å². The molecule has 140 valence electrons. The molecule has 2 heterocycles. The minimum absolute atomic E-state index is 0.229. The van der Waals surface area contributed by atoms with Crippen LogP contribution >= 0.6 is 12.2 Å². The number of benzene rings is 1. The summed E-state index contributed by atoms with van der Waals surface area (Å²) in [6, 6.07) is 6.73. The van der Waals surface area contributed by atoms with Crippen LogP contribution in [0.3, 0.4) is 0 Å². The summed E-state index contributed by atoms with van der Waals surface area (Å²) >= 11 is 5.10. The molecule has 0 bridgehead atoms. The summed E-state index contributed by atoms with van der Waals surface area (Å²) < 4.78 is 9.92. The zero-order valence-electron chi connectivity index (χ0n) is 15.0. The van der Waals surface area contributed by atoms with Crippen LogP contribution in [0.25, 0.3) is 0 Å². The molecular formula is C18H18N4O4S. The molecule has 3 rings (SSSR count). The Morgan fingerprint density at radius 3 is 2.37 bits per heavy atom. The number of nitrogens with zero attached hydrogens (tertiary/aromatic N) is 1. The van der Waals surface area contributed by atoms with Crippen LogP contribution in [0.15, 0.2) is 35.5 Å². The number of carbonyl (C=O) groups is 2. The topological polar surface area (TPSA) is 119 Å². The molecule has 1 unspecified atom stereocenters. The van der Waals surface area contributed by atoms with Crippen molar-refractivity contribution in [3.8, 4) is 0 Å². The Labute approximate surface area is 160 Å². The first-order valence-corrected chi connectivity index (χ1v) is 8.42. The Morgan fingerprint density at radius 2 is 1.78 bits per heavy atom. The van der Waals surface area contributed by atoms with Gasteiger partial charge in [0.15, 0.2) is 4.77 Å². The first-order valence-electron chi connectivity index (χ1n) is 8.01. The molecule has 27 heavy (non-hydrogen) atoms. The molecule has 0 fully saturated rings. The number of esters is 2. The van der Waals surface area contributed by atoms with Crippen molar-refractivity contribution < 1.29 is 19.1 Å². The van der Waals surface area contributed by atoms with E-state index < -0.39 is 17.9 Å². The fourth-order valence-electron chi connectivity index (χ4n) is 3.14. The van der Waals surface area contributed by atoms with E-state index in [1.54, 1.807) is 31.2 Å². The number of anilines is 2. The maximum Gasteiger partial charge on any atom is 0.337 e. The van der Waals surface area contributed by atoms with E-state index in [1.165, 1.54) is 14.2 Å². The molecule has 4 N–H and O–H groups in total. The summed E-state index contributed by atoms with van der Waals surface area (Å²) in [6.45, 7) is 1.75. The van der Waals surface area contributed by atoms with Crippen LogP contribution in [0, 0.1) is 4.77 Å². The number of carbonyl (C=O) groups excluding carboxylic acids is 2. The fourth-order valence-corrected chi connectivity index (χ4v) is 3.34. The standard InChI is InChI=1S/C18H18N4O4S/c1-8-11(17(24)26-3)12(9-4-6-10(7-5-9)16(23)25-2)13-14(19)21-18(27)22-15(13)20-8/h4-7,12H,1-3H3,(H4,19,20,21,22,27). The number of allylic oxidation sites excluding steroid dienone is 1. The van der Waals surface area contributed by atoms with Gasteiger partial charge in [-0.05, 0) is 36.8 Å². The van der Waals surface area contributed by atoms with E-state index in [1.807, 2.05) is 0 Å². The van der Waals surface area contributed by atoms with Crippen LogP contribution in [0.1, 0.15) is 34.3 Å². The van der Waals surface area contributed by atoms with Gasteiger partial charge < -0.3 is 25.5 Å². The largest absolute Gasteiger partial charge is 0.466 e. The van der Waals surface area contributed by atoms with Crippen molar-refractivity contribution in [3.63, 3.8) is 0 Å². The monoisotopic (exact) mass is 386 g/mol. The summed E-state index contributed by atoms with van der Waals surface area (Å²) in [5.41, 5.74) is 8.87. The molecule has 9 heteroatoms. The second-order valence-corrected chi connectivity index (χ2v) is 6.31. The first-order chi connectivity index (χ1) is 12.9. The molecular weight excluding hydrogens is 368 g/mol. The van der Waals surface area contributed by atoms with Crippen LogP contribution in [0.2, 0.25) is 0 Å². The highest BCUT2D eigenvalue weighted by Crippen LogP contribution is 2.43. The number of H-pyrrole nitrogens is 1. The third-order valence-electron chi connectivity index (χ3n) is 4.36. The van der Waals surface area contributed by atoms with E-state index in [2.05, 4.69) is 15.3 Å². The minimum Gasteiger partial charge on any atom is -0.466 e. The predicted octanol–water partition coefficient (Wildman–Crippen LogP) is 2.51. The number of methoxy groups -OCH3 is 2. The van der Waals surface area contributed by atoms with Crippen molar-refractivity contribution in [2.75, 3.05) is 25.3 Å². The number of fused-ring (bicyclic) bond motifs is 1. The summed E-state index contributed by atoms with van der Waals surface area (Å²) in [7, 11) is 2.63. The third kappa shape index (κ3) is 3.28. The van der Waals surface area contributed by atoms with Crippen molar-refractivity contribution >= 4 is 35.8 Å². The molecule has 1 atom stereocenters. The van der Waals surface area contributed by atoms with Crippen molar-refractivity contribution in [1.29, 1.82) is 0 Å². The van der Waals surface area contributed by atoms with Gasteiger partial charge in [-0.1, -0.05) is 12.1 Å². The summed E-state index contributed by atoms with van der Waals surface area (Å²) in [5.74, 6) is -0.705. The summed E-state index contributed by atoms with van der Waals surface area (Å²) in [5, 5.41) is 3.07.